The predicted octanol–water partition coefficient (Wildman–Crippen LogP) is 2.23. The van der Waals surface area contributed by atoms with E-state index >= 15 is 0 Å². The summed E-state index contributed by atoms with van der Waals surface area (Å²) >= 11 is 0. The molecule has 2 aliphatic heterocycles. The molecule has 0 unspecified atom stereocenters. The molecule has 2 aliphatic rings. The second kappa shape index (κ2) is 8.45. The molecule has 2 atom stereocenters. The van der Waals surface area contributed by atoms with Crippen LogP contribution >= 0.6 is 0 Å². The average Bonchev–Trinajstić information content (AvgIpc) is 3.27. The first-order valence-electron chi connectivity index (χ1n) is 10.3. The van der Waals surface area contributed by atoms with Gasteiger partial charge in [0.15, 0.2) is 0 Å². The summed E-state index contributed by atoms with van der Waals surface area (Å²) in [5.41, 5.74) is 0.706. The molecule has 31 heavy (non-hydrogen) atoms. The molecular formula is C23H24FN3O4. The van der Waals surface area contributed by atoms with Crippen LogP contribution in [0.4, 0.5) is 4.39 Å². The Hall–Kier alpha value is -3.29. The van der Waals surface area contributed by atoms with Gasteiger partial charge in [-0.05, 0) is 36.2 Å². The van der Waals surface area contributed by atoms with Crippen LogP contribution in [0, 0.1) is 17.2 Å². The Morgan fingerprint density at radius 2 is 1.81 bits per heavy atom. The van der Waals surface area contributed by atoms with Crippen LogP contribution < -0.4 is 0 Å². The number of carboxylic acids is 1. The van der Waals surface area contributed by atoms with Crippen molar-refractivity contribution in [1.82, 2.24) is 14.8 Å². The fourth-order valence-corrected chi connectivity index (χ4v) is 4.85. The number of hydrogen-bond donors (Lipinski definition) is 1. The summed E-state index contributed by atoms with van der Waals surface area (Å²) in [5.74, 6) is -1.48. The lowest BCUT2D eigenvalue weighted by atomic mass is 9.77. The third-order valence-electron chi connectivity index (χ3n) is 6.41. The summed E-state index contributed by atoms with van der Waals surface area (Å²) in [5, 5.41) is 9.24. The molecule has 1 N–H and O–H groups in total. The number of aliphatic carboxylic acids is 1. The van der Waals surface area contributed by atoms with E-state index < -0.39 is 11.4 Å². The van der Waals surface area contributed by atoms with Gasteiger partial charge in [-0.3, -0.25) is 19.4 Å². The summed E-state index contributed by atoms with van der Waals surface area (Å²) < 4.78 is 13.5. The number of fused-ring (bicyclic) bond motifs is 1. The van der Waals surface area contributed by atoms with Crippen molar-refractivity contribution in [3.05, 3.63) is 65.7 Å². The zero-order valence-corrected chi connectivity index (χ0v) is 17.0. The van der Waals surface area contributed by atoms with E-state index in [0.29, 0.717) is 43.7 Å². The van der Waals surface area contributed by atoms with E-state index in [9.17, 15) is 23.9 Å². The van der Waals surface area contributed by atoms with Crippen molar-refractivity contribution < 1.29 is 23.9 Å². The molecule has 0 saturated carbocycles. The summed E-state index contributed by atoms with van der Waals surface area (Å²) in [6.07, 6.45) is 3.62. The minimum Gasteiger partial charge on any atom is -0.481 e. The van der Waals surface area contributed by atoms with E-state index in [1.165, 1.54) is 12.1 Å². The highest BCUT2D eigenvalue weighted by molar-refractivity contribution is 5.94. The lowest BCUT2D eigenvalue weighted by molar-refractivity contribution is -0.137. The summed E-state index contributed by atoms with van der Waals surface area (Å²) in [4.78, 5) is 44.5. The van der Waals surface area contributed by atoms with E-state index in [1.54, 1.807) is 46.5 Å². The maximum Gasteiger partial charge on any atom is 0.303 e. The molecule has 2 fully saturated rings. The van der Waals surface area contributed by atoms with E-state index in [0.717, 1.165) is 0 Å². The first-order valence-corrected chi connectivity index (χ1v) is 10.3. The molecule has 0 radical (unpaired) electrons. The van der Waals surface area contributed by atoms with Crippen LogP contribution in [0.5, 0.6) is 0 Å². The van der Waals surface area contributed by atoms with Crippen molar-refractivity contribution in [2.24, 2.45) is 11.3 Å². The number of amides is 2. The lowest BCUT2D eigenvalue weighted by Crippen LogP contribution is -2.39. The molecule has 0 spiro atoms. The van der Waals surface area contributed by atoms with Crippen molar-refractivity contribution >= 4 is 17.8 Å². The van der Waals surface area contributed by atoms with E-state index in [-0.39, 0.29) is 36.4 Å². The maximum absolute atomic E-state index is 13.5. The van der Waals surface area contributed by atoms with Crippen LogP contribution in [0.25, 0.3) is 0 Å². The predicted molar refractivity (Wildman–Crippen MR) is 110 cm³/mol. The van der Waals surface area contributed by atoms with Crippen molar-refractivity contribution in [2.45, 2.75) is 19.3 Å². The number of rotatable bonds is 6. The monoisotopic (exact) mass is 425 g/mol. The Kier molecular flexibility index (Phi) is 5.71. The zero-order valence-electron chi connectivity index (χ0n) is 17.0. The third kappa shape index (κ3) is 4.42. The van der Waals surface area contributed by atoms with Crippen LogP contribution in [0.3, 0.4) is 0 Å². The van der Waals surface area contributed by atoms with E-state index in [2.05, 4.69) is 4.98 Å². The molecule has 0 aliphatic carbocycles. The molecule has 1 aromatic carbocycles. The molecule has 4 rings (SSSR count). The molecule has 3 heterocycles. The summed E-state index contributed by atoms with van der Waals surface area (Å²) in [6, 6.07) is 9.30. The number of carboxylic acid groups (broad SMARTS) is 1. The Morgan fingerprint density at radius 3 is 2.52 bits per heavy atom. The van der Waals surface area contributed by atoms with Gasteiger partial charge >= 0.3 is 5.97 Å². The first-order chi connectivity index (χ1) is 14.9. The van der Waals surface area contributed by atoms with E-state index in [4.69, 9.17) is 0 Å². The molecule has 7 nitrogen and oxygen atoms in total. The smallest absolute Gasteiger partial charge is 0.303 e. The summed E-state index contributed by atoms with van der Waals surface area (Å²) in [6.45, 7) is 1.76. The number of pyridine rings is 1. The molecule has 2 amide bonds. The van der Waals surface area contributed by atoms with Crippen molar-refractivity contribution in [1.29, 1.82) is 0 Å². The van der Waals surface area contributed by atoms with Gasteiger partial charge in [0.25, 0.3) is 5.91 Å². The number of benzene rings is 1. The standard InChI is InChI=1S/C23H24FN3O4/c24-19-3-1-2-16(10-19)11-20(28)26-12-18-13-27(22(31)17-5-8-25-9-6-17)15-23(18,14-26)7-4-21(29)30/h1-3,5-6,8-10,18H,4,7,11-15H2,(H,29,30)/t18-,23+/m0/s1. The van der Waals surface area contributed by atoms with Gasteiger partial charge in [-0.15, -0.1) is 0 Å². The number of hydrogen-bond acceptors (Lipinski definition) is 4. The van der Waals surface area contributed by atoms with Crippen molar-refractivity contribution in [2.75, 3.05) is 26.2 Å². The van der Waals surface area contributed by atoms with Crippen LogP contribution in [0.1, 0.15) is 28.8 Å². The van der Waals surface area contributed by atoms with Crippen molar-refractivity contribution in [3.63, 3.8) is 0 Å². The van der Waals surface area contributed by atoms with Gasteiger partial charge in [0.05, 0.1) is 6.42 Å². The lowest BCUT2D eigenvalue weighted by Gasteiger charge is -2.29. The van der Waals surface area contributed by atoms with Crippen LogP contribution in [-0.4, -0.2) is 63.9 Å². The highest BCUT2D eigenvalue weighted by Crippen LogP contribution is 2.46. The van der Waals surface area contributed by atoms with Gasteiger partial charge in [-0.1, -0.05) is 12.1 Å². The van der Waals surface area contributed by atoms with Crippen LogP contribution in [0.2, 0.25) is 0 Å². The molecule has 1 aromatic heterocycles. The Morgan fingerprint density at radius 1 is 1.10 bits per heavy atom. The number of likely N-dealkylation sites (tertiary alicyclic amines) is 2. The van der Waals surface area contributed by atoms with Crippen molar-refractivity contribution in [3.8, 4) is 0 Å². The molecule has 0 bridgehead atoms. The zero-order chi connectivity index (χ0) is 22.0. The Bertz CT molecular complexity index is 999. The third-order valence-corrected chi connectivity index (χ3v) is 6.41. The number of carbonyl (C=O) groups is 3. The molecule has 8 heteroatoms. The quantitative estimate of drug-likeness (QED) is 0.767. The fourth-order valence-electron chi connectivity index (χ4n) is 4.85. The first kappa shape index (κ1) is 21.0. The van der Waals surface area contributed by atoms with E-state index in [1.807, 2.05) is 0 Å². The average molecular weight is 425 g/mol. The second-order valence-electron chi connectivity index (χ2n) is 8.46. The molecule has 2 saturated heterocycles. The fraction of sp³-hybridized carbons (Fsp3) is 0.391. The molecular weight excluding hydrogens is 401 g/mol. The Balaban J connectivity index is 1.49. The highest BCUT2D eigenvalue weighted by atomic mass is 19.1. The van der Waals surface area contributed by atoms with Crippen LogP contribution in [-0.2, 0) is 16.0 Å². The minimum absolute atomic E-state index is 0.00842. The minimum atomic E-state index is -0.892. The largest absolute Gasteiger partial charge is 0.481 e. The Labute approximate surface area is 179 Å². The second-order valence-corrected chi connectivity index (χ2v) is 8.46. The number of halogens is 1. The van der Waals surface area contributed by atoms with Gasteiger partial charge in [-0.2, -0.15) is 0 Å². The number of nitrogens with zero attached hydrogens (tertiary/aromatic N) is 3. The van der Waals surface area contributed by atoms with Gasteiger partial charge < -0.3 is 14.9 Å². The molecule has 2 aromatic rings. The molecule has 162 valence electrons. The SMILES string of the molecule is O=C(O)CC[C@]12CN(C(=O)Cc3cccc(F)c3)C[C@H]1CN(C(=O)c1ccncc1)C2. The van der Waals surface area contributed by atoms with Gasteiger partial charge in [0.2, 0.25) is 5.91 Å². The highest BCUT2D eigenvalue weighted by Gasteiger charge is 2.54. The normalized spacial score (nSPS) is 22.4. The van der Waals surface area contributed by atoms with Gasteiger partial charge in [0.1, 0.15) is 5.82 Å². The van der Waals surface area contributed by atoms with Gasteiger partial charge in [-0.25, -0.2) is 4.39 Å². The maximum atomic E-state index is 13.5. The van der Waals surface area contributed by atoms with Gasteiger partial charge in [0, 0.05) is 61.9 Å². The topological polar surface area (TPSA) is 90.8 Å². The summed E-state index contributed by atoms with van der Waals surface area (Å²) in [7, 11) is 0. The number of aromatic nitrogens is 1. The number of carbonyl (C=O) groups excluding carboxylic acids is 2. The van der Waals surface area contributed by atoms with Crippen LogP contribution in [0.15, 0.2) is 48.8 Å².